The van der Waals surface area contributed by atoms with Gasteiger partial charge in [0.1, 0.15) is 5.60 Å². The van der Waals surface area contributed by atoms with Gasteiger partial charge in [-0.25, -0.2) is 0 Å². The molecule has 0 spiro atoms. The van der Waals surface area contributed by atoms with E-state index in [0.717, 1.165) is 18.4 Å². The number of hydrogen-bond acceptors (Lipinski definition) is 2. The third kappa shape index (κ3) is 2.07. The van der Waals surface area contributed by atoms with Gasteiger partial charge in [0.05, 0.1) is 0 Å². The minimum atomic E-state index is -0.261. The van der Waals surface area contributed by atoms with E-state index < -0.39 is 0 Å². The summed E-state index contributed by atoms with van der Waals surface area (Å²) in [5.74, 6) is -0.0752. The van der Waals surface area contributed by atoms with Crippen LogP contribution in [0, 0.1) is 0 Å². The van der Waals surface area contributed by atoms with Crippen LogP contribution in [-0.4, -0.2) is 11.6 Å². The van der Waals surface area contributed by atoms with Crippen molar-refractivity contribution in [1.82, 2.24) is 0 Å². The van der Waals surface area contributed by atoms with Crippen LogP contribution >= 0.6 is 0 Å². The van der Waals surface area contributed by atoms with Gasteiger partial charge in [-0.2, -0.15) is 0 Å². The summed E-state index contributed by atoms with van der Waals surface area (Å²) in [6.07, 6.45) is 2.18. The molecule has 2 heteroatoms. The van der Waals surface area contributed by atoms with Crippen LogP contribution in [0.5, 0.6) is 0 Å². The lowest BCUT2D eigenvalue weighted by molar-refractivity contribution is -0.147. The summed E-state index contributed by atoms with van der Waals surface area (Å²) in [7, 11) is 0. The topological polar surface area (TPSA) is 26.3 Å². The molecule has 11 heavy (non-hydrogen) atoms. The Hall–Kier alpha value is -0.790. The van der Waals surface area contributed by atoms with Gasteiger partial charge in [0.25, 0.3) is 0 Å². The highest BCUT2D eigenvalue weighted by Crippen LogP contribution is 2.31. The first-order chi connectivity index (χ1) is 5.02. The number of carbonyl (C=O) groups excluding carboxylic acids is 1. The molecule has 0 radical (unpaired) electrons. The molecular weight excluding hydrogens is 140 g/mol. The zero-order valence-corrected chi connectivity index (χ0v) is 7.14. The number of ether oxygens (including phenoxy) is 1. The van der Waals surface area contributed by atoms with Crippen molar-refractivity contribution < 1.29 is 9.53 Å². The highest BCUT2D eigenvalue weighted by Gasteiger charge is 2.35. The highest BCUT2D eigenvalue weighted by atomic mass is 16.6. The Morgan fingerprint density at radius 2 is 2.45 bits per heavy atom. The Morgan fingerprint density at radius 3 is 2.82 bits per heavy atom. The molecule has 0 saturated carbocycles. The Kier molecular flexibility index (Phi) is 2.03. The van der Waals surface area contributed by atoms with Crippen molar-refractivity contribution in [3.8, 4) is 0 Å². The summed E-state index contributed by atoms with van der Waals surface area (Å²) in [5, 5.41) is 0. The Morgan fingerprint density at radius 1 is 1.82 bits per heavy atom. The van der Waals surface area contributed by atoms with Crippen LogP contribution in [0.15, 0.2) is 12.2 Å². The van der Waals surface area contributed by atoms with Crippen LogP contribution in [0.1, 0.15) is 33.1 Å². The second-order valence-corrected chi connectivity index (χ2v) is 3.56. The average Bonchev–Trinajstić information content (AvgIpc) is 2.08. The second kappa shape index (κ2) is 2.68. The van der Waals surface area contributed by atoms with E-state index in [0.29, 0.717) is 6.42 Å². The van der Waals surface area contributed by atoms with Gasteiger partial charge in [0.2, 0.25) is 0 Å². The predicted molar refractivity (Wildman–Crippen MR) is 43.2 cm³/mol. The van der Waals surface area contributed by atoms with Crippen molar-refractivity contribution in [2.45, 2.75) is 38.7 Å². The monoisotopic (exact) mass is 154 g/mol. The molecule has 1 saturated heterocycles. The van der Waals surface area contributed by atoms with E-state index in [1.807, 2.05) is 13.8 Å². The van der Waals surface area contributed by atoms with Crippen molar-refractivity contribution in [1.29, 1.82) is 0 Å². The van der Waals surface area contributed by atoms with Crippen molar-refractivity contribution >= 4 is 5.97 Å². The first-order valence-corrected chi connectivity index (χ1v) is 3.88. The molecule has 1 atom stereocenters. The minimum Gasteiger partial charge on any atom is -0.459 e. The maximum absolute atomic E-state index is 10.8. The quantitative estimate of drug-likeness (QED) is 0.449. The van der Waals surface area contributed by atoms with Gasteiger partial charge in [0.15, 0.2) is 0 Å². The molecule has 1 heterocycles. The third-order valence-electron chi connectivity index (χ3n) is 1.89. The van der Waals surface area contributed by atoms with Crippen molar-refractivity contribution in [3.63, 3.8) is 0 Å². The fourth-order valence-corrected chi connectivity index (χ4v) is 1.51. The van der Waals surface area contributed by atoms with E-state index in [-0.39, 0.29) is 11.6 Å². The van der Waals surface area contributed by atoms with Crippen LogP contribution in [0.2, 0.25) is 0 Å². The molecule has 0 aromatic carbocycles. The van der Waals surface area contributed by atoms with Crippen molar-refractivity contribution in [3.05, 3.63) is 12.2 Å². The summed E-state index contributed by atoms with van der Waals surface area (Å²) in [5.41, 5.74) is 0.810. The largest absolute Gasteiger partial charge is 0.459 e. The molecule has 0 aromatic rings. The van der Waals surface area contributed by atoms with Crippen LogP contribution in [0.4, 0.5) is 0 Å². The van der Waals surface area contributed by atoms with Crippen LogP contribution in [0.3, 0.4) is 0 Å². The van der Waals surface area contributed by atoms with E-state index in [1.54, 1.807) is 0 Å². The molecular formula is C9H14O2. The first-order valence-electron chi connectivity index (χ1n) is 3.88. The summed E-state index contributed by atoms with van der Waals surface area (Å²) in [6, 6.07) is 0. The van der Waals surface area contributed by atoms with Gasteiger partial charge < -0.3 is 4.74 Å². The standard InChI is InChI=1S/C9H14O2/c1-7(2)6-9(3)5-4-8(10)11-9/h1,4-6H2,2-3H3. The summed E-state index contributed by atoms with van der Waals surface area (Å²) in [4.78, 5) is 10.8. The van der Waals surface area contributed by atoms with Crippen LogP contribution in [-0.2, 0) is 9.53 Å². The van der Waals surface area contributed by atoms with Crippen LogP contribution in [0.25, 0.3) is 0 Å². The zero-order valence-electron chi connectivity index (χ0n) is 7.14. The molecule has 0 bridgehead atoms. The summed E-state index contributed by atoms with van der Waals surface area (Å²) >= 11 is 0. The van der Waals surface area contributed by atoms with E-state index in [9.17, 15) is 4.79 Å². The summed E-state index contributed by atoms with van der Waals surface area (Å²) in [6.45, 7) is 7.72. The molecule has 0 aromatic heterocycles. The number of rotatable bonds is 2. The molecule has 0 aliphatic carbocycles. The van der Waals surface area contributed by atoms with Crippen molar-refractivity contribution in [2.24, 2.45) is 0 Å². The van der Waals surface area contributed by atoms with E-state index in [2.05, 4.69) is 6.58 Å². The molecule has 0 N–H and O–H groups in total. The first kappa shape index (κ1) is 8.31. The SMILES string of the molecule is C=C(C)CC1(C)CCC(=O)O1. The van der Waals surface area contributed by atoms with E-state index >= 15 is 0 Å². The molecule has 1 aliphatic rings. The lowest BCUT2D eigenvalue weighted by atomic mass is 9.95. The smallest absolute Gasteiger partial charge is 0.306 e. The maximum atomic E-state index is 10.8. The third-order valence-corrected chi connectivity index (χ3v) is 1.89. The van der Waals surface area contributed by atoms with Gasteiger partial charge in [-0.15, -0.1) is 0 Å². The van der Waals surface area contributed by atoms with Gasteiger partial charge in [-0.1, -0.05) is 12.2 Å². The minimum absolute atomic E-state index is 0.0752. The fraction of sp³-hybridized carbons (Fsp3) is 0.667. The molecule has 62 valence electrons. The van der Waals surface area contributed by atoms with Gasteiger partial charge in [-0.05, 0) is 20.3 Å². The average molecular weight is 154 g/mol. The van der Waals surface area contributed by atoms with Crippen LogP contribution < -0.4 is 0 Å². The Bertz CT molecular complexity index is 196. The molecule has 1 unspecified atom stereocenters. The van der Waals surface area contributed by atoms with Gasteiger partial charge >= 0.3 is 5.97 Å². The fourth-order valence-electron chi connectivity index (χ4n) is 1.51. The van der Waals surface area contributed by atoms with Crippen molar-refractivity contribution in [2.75, 3.05) is 0 Å². The van der Waals surface area contributed by atoms with Gasteiger partial charge in [0, 0.05) is 12.8 Å². The van der Waals surface area contributed by atoms with E-state index in [1.165, 1.54) is 0 Å². The second-order valence-electron chi connectivity index (χ2n) is 3.56. The zero-order chi connectivity index (χ0) is 8.48. The summed E-state index contributed by atoms with van der Waals surface area (Å²) < 4.78 is 5.16. The molecule has 2 nitrogen and oxygen atoms in total. The highest BCUT2D eigenvalue weighted by molar-refractivity contribution is 5.72. The maximum Gasteiger partial charge on any atom is 0.306 e. The lowest BCUT2D eigenvalue weighted by Crippen LogP contribution is -2.23. The van der Waals surface area contributed by atoms with E-state index in [4.69, 9.17) is 4.74 Å². The number of carbonyl (C=O) groups is 1. The lowest BCUT2D eigenvalue weighted by Gasteiger charge is -2.22. The Labute approximate surface area is 67.2 Å². The molecule has 0 amide bonds. The molecule has 1 fully saturated rings. The number of cyclic esters (lactones) is 1. The Balaban J connectivity index is 2.55. The molecule has 1 aliphatic heterocycles. The predicted octanol–water partition coefficient (Wildman–Crippen LogP) is 2.05. The normalized spacial score (nSPS) is 30.2. The molecule has 1 rings (SSSR count). The van der Waals surface area contributed by atoms with Gasteiger partial charge in [-0.3, -0.25) is 4.79 Å². The number of hydrogen-bond donors (Lipinski definition) is 0. The number of esters is 1.